The first-order chi connectivity index (χ1) is 17.2. The fraction of sp³-hybridized carbons (Fsp3) is 0.500. The zero-order valence-electron chi connectivity index (χ0n) is 20.4. The number of anilines is 1. The van der Waals surface area contributed by atoms with Gasteiger partial charge in [0.25, 0.3) is 0 Å². The summed E-state index contributed by atoms with van der Waals surface area (Å²) in [5, 5.41) is 13.1. The average molecular weight is 481 g/mol. The summed E-state index contributed by atoms with van der Waals surface area (Å²) in [6, 6.07) is 13.0. The van der Waals surface area contributed by atoms with Gasteiger partial charge < -0.3 is 14.4 Å². The fourth-order valence-electron chi connectivity index (χ4n) is 5.52. The fourth-order valence-corrected chi connectivity index (χ4v) is 5.52. The van der Waals surface area contributed by atoms with Crippen molar-refractivity contribution in [2.24, 2.45) is 0 Å². The van der Waals surface area contributed by atoms with Crippen LogP contribution < -0.4 is 14.4 Å². The van der Waals surface area contributed by atoms with E-state index in [-0.39, 0.29) is 11.9 Å². The molecule has 35 heavy (non-hydrogen) atoms. The van der Waals surface area contributed by atoms with Crippen LogP contribution in [0.25, 0.3) is 0 Å². The Morgan fingerprint density at radius 3 is 2.40 bits per heavy atom. The van der Waals surface area contributed by atoms with Gasteiger partial charge in [-0.15, -0.1) is 5.10 Å². The molecule has 186 valence electrons. The number of hydrogen-bond donors (Lipinski definition) is 0. The van der Waals surface area contributed by atoms with Crippen molar-refractivity contribution in [2.45, 2.75) is 44.2 Å². The van der Waals surface area contributed by atoms with Crippen molar-refractivity contribution < 1.29 is 13.9 Å². The van der Waals surface area contributed by atoms with Gasteiger partial charge in [-0.1, -0.05) is 43.5 Å². The lowest BCUT2D eigenvalue weighted by molar-refractivity contribution is 0.189. The number of benzene rings is 2. The number of methoxy groups -OCH3 is 2. The van der Waals surface area contributed by atoms with Crippen LogP contribution >= 0.6 is 0 Å². The lowest BCUT2D eigenvalue weighted by atomic mass is 9.94. The van der Waals surface area contributed by atoms with Gasteiger partial charge >= 0.3 is 0 Å². The summed E-state index contributed by atoms with van der Waals surface area (Å²) in [5.41, 5.74) is 1.62. The Labute approximate surface area is 205 Å². The first-order valence-corrected chi connectivity index (χ1v) is 12.4. The molecule has 1 saturated carbocycles. The molecule has 0 radical (unpaired) electrons. The minimum Gasteiger partial charge on any atom is -0.493 e. The van der Waals surface area contributed by atoms with Crippen molar-refractivity contribution in [1.82, 2.24) is 25.1 Å². The maximum atomic E-state index is 14.4. The van der Waals surface area contributed by atoms with Crippen LogP contribution in [0.1, 0.15) is 55.6 Å². The van der Waals surface area contributed by atoms with Crippen molar-refractivity contribution >= 4 is 5.69 Å². The minimum absolute atomic E-state index is 0.187. The molecule has 5 rings (SSSR count). The van der Waals surface area contributed by atoms with Crippen LogP contribution in [0.5, 0.6) is 11.5 Å². The maximum Gasteiger partial charge on any atom is 0.173 e. The van der Waals surface area contributed by atoms with Crippen molar-refractivity contribution in [2.75, 3.05) is 45.3 Å². The Bertz CT molecular complexity index is 1120. The van der Waals surface area contributed by atoms with E-state index in [1.165, 1.54) is 25.3 Å². The molecule has 2 heterocycles. The second kappa shape index (κ2) is 10.6. The van der Waals surface area contributed by atoms with Crippen LogP contribution in [-0.2, 0) is 0 Å². The van der Waals surface area contributed by atoms with Crippen molar-refractivity contribution in [3.8, 4) is 11.5 Å². The number of nitrogens with zero attached hydrogens (tertiary/aromatic N) is 6. The van der Waals surface area contributed by atoms with E-state index >= 15 is 0 Å². The third kappa shape index (κ3) is 4.69. The summed E-state index contributed by atoms with van der Waals surface area (Å²) in [6.07, 6.45) is 5.82. The Morgan fingerprint density at radius 2 is 1.69 bits per heavy atom. The molecule has 0 bridgehead atoms. The lowest BCUT2D eigenvalue weighted by Crippen LogP contribution is -2.48. The van der Waals surface area contributed by atoms with Gasteiger partial charge in [0.15, 0.2) is 17.3 Å². The summed E-state index contributed by atoms with van der Waals surface area (Å²) in [4.78, 5) is 4.48. The highest BCUT2D eigenvalue weighted by Crippen LogP contribution is 2.41. The predicted molar refractivity (Wildman–Crippen MR) is 132 cm³/mol. The number of tetrazole rings is 1. The molecule has 2 aromatic carbocycles. The van der Waals surface area contributed by atoms with Gasteiger partial charge in [-0.2, -0.15) is 0 Å². The molecular weight excluding hydrogens is 447 g/mol. The topological polar surface area (TPSA) is 68.5 Å². The second-order valence-electron chi connectivity index (χ2n) is 9.23. The molecule has 1 aliphatic heterocycles. The van der Waals surface area contributed by atoms with Crippen LogP contribution in [0, 0.1) is 5.82 Å². The average Bonchev–Trinajstić information content (AvgIpc) is 3.39. The molecule has 3 aromatic rings. The van der Waals surface area contributed by atoms with Gasteiger partial charge in [-0.25, -0.2) is 9.07 Å². The SMILES string of the molecule is COc1cccc([C@H](c2nnnn2C2CCCCC2)N2CCN(c3ccccc3F)CC2)c1OC. The van der Waals surface area contributed by atoms with E-state index in [1.807, 2.05) is 28.9 Å². The highest BCUT2D eigenvalue weighted by atomic mass is 19.1. The Balaban J connectivity index is 1.50. The van der Waals surface area contributed by atoms with Crippen molar-refractivity contribution in [1.29, 1.82) is 0 Å². The molecule has 0 spiro atoms. The van der Waals surface area contributed by atoms with Gasteiger partial charge in [-0.3, -0.25) is 4.90 Å². The van der Waals surface area contributed by atoms with Crippen LogP contribution in [0.2, 0.25) is 0 Å². The first kappa shape index (κ1) is 23.5. The molecule has 0 amide bonds. The zero-order valence-corrected chi connectivity index (χ0v) is 20.4. The number of ether oxygens (including phenoxy) is 2. The van der Waals surface area contributed by atoms with Crippen molar-refractivity contribution in [3.05, 3.63) is 59.7 Å². The van der Waals surface area contributed by atoms with Crippen LogP contribution in [0.4, 0.5) is 10.1 Å². The number of piperazine rings is 1. The number of halogens is 1. The lowest BCUT2D eigenvalue weighted by Gasteiger charge is -2.40. The standard InChI is InChI=1S/C26H33FN6O2/c1-34-23-14-8-11-20(25(23)35-2)24(26-28-29-30-33(26)19-9-4-3-5-10-19)32-17-15-31(16-18-32)22-13-7-6-12-21(22)27/h6-8,11-14,19,24H,3-5,9-10,15-18H2,1-2H3/t24-/m1/s1. The van der Waals surface area contributed by atoms with Crippen LogP contribution in [-0.4, -0.2) is 65.5 Å². The highest BCUT2D eigenvalue weighted by Gasteiger charge is 2.35. The molecule has 1 aliphatic carbocycles. The van der Waals surface area contributed by atoms with Gasteiger partial charge in [0.2, 0.25) is 0 Å². The molecular formula is C26H33FN6O2. The third-order valence-electron chi connectivity index (χ3n) is 7.28. The monoisotopic (exact) mass is 480 g/mol. The van der Waals surface area contributed by atoms with E-state index in [9.17, 15) is 4.39 Å². The molecule has 0 unspecified atom stereocenters. The zero-order chi connectivity index (χ0) is 24.2. The summed E-state index contributed by atoms with van der Waals surface area (Å²) in [5.74, 6) is 2.00. The van der Waals surface area contributed by atoms with E-state index < -0.39 is 0 Å². The largest absolute Gasteiger partial charge is 0.493 e. The van der Waals surface area contributed by atoms with Gasteiger partial charge in [0.1, 0.15) is 11.9 Å². The van der Waals surface area contributed by atoms with Gasteiger partial charge in [-0.05, 0) is 41.5 Å². The normalized spacial score (nSPS) is 18.4. The number of para-hydroxylation sites is 2. The van der Waals surface area contributed by atoms with Crippen molar-refractivity contribution in [3.63, 3.8) is 0 Å². The summed E-state index contributed by atoms with van der Waals surface area (Å²) in [6.45, 7) is 2.87. The number of hydrogen-bond acceptors (Lipinski definition) is 7. The number of rotatable bonds is 7. The second-order valence-corrected chi connectivity index (χ2v) is 9.23. The first-order valence-electron chi connectivity index (χ1n) is 12.4. The van der Waals surface area contributed by atoms with E-state index in [1.54, 1.807) is 20.3 Å². The van der Waals surface area contributed by atoms with Crippen LogP contribution in [0.15, 0.2) is 42.5 Å². The van der Waals surface area contributed by atoms with E-state index in [4.69, 9.17) is 9.47 Å². The van der Waals surface area contributed by atoms with E-state index in [2.05, 4.69) is 31.4 Å². The van der Waals surface area contributed by atoms with E-state index in [0.717, 1.165) is 37.3 Å². The minimum atomic E-state index is -0.209. The summed E-state index contributed by atoms with van der Waals surface area (Å²) < 4.78 is 27.9. The Hall–Kier alpha value is -3.20. The molecule has 1 aromatic heterocycles. The molecule has 2 aliphatic rings. The Morgan fingerprint density at radius 1 is 0.914 bits per heavy atom. The molecule has 1 atom stereocenters. The molecule has 9 heteroatoms. The summed E-state index contributed by atoms with van der Waals surface area (Å²) >= 11 is 0. The smallest absolute Gasteiger partial charge is 0.173 e. The predicted octanol–water partition coefficient (Wildman–Crippen LogP) is 4.25. The number of aromatic nitrogens is 4. The highest BCUT2D eigenvalue weighted by molar-refractivity contribution is 5.50. The Kier molecular flexibility index (Phi) is 7.13. The summed E-state index contributed by atoms with van der Waals surface area (Å²) in [7, 11) is 3.31. The van der Waals surface area contributed by atoms with E-state index in [0.29, 0.717) is 36.3 Å². The third-order valence-corrected chi connectivity index (χ3v) is 7.28. The van der Waals surface area contributed by atoms with Crippen LogP contribution in [0.3, 0.4) is 0 Å². The molecule has 1 saturated heterocycles. The van der Waals surface area contributed by atoms with Gasteiger partial charge in [0.05, 0.1) is 25.9 Å². The molecule has 8 nitrogen and oxygen atoms in total. The maximum absolute atomic E-state index is 14.4. The molecule has 2 fully saturated rings. The quantitative estimate of drug-likeness (QED) is 0.501. The molecule has 0 N–H and O–H groups in total. The van der Waals surface area contributed by atoms with Gasteiger partial charge in [0, 0.05) is 31.7 Å².